The highest BCUT2D eigenvalue weighted by molar-refractivity contribution is 7.99. The largest absolute Gasteiger partial charge is 0.434 e. The first-order valence-electron chi connectivity index (χ1n) is 4.63. The van der Waals surface area contributed by atoms with Gasteiger partial charge in [-0.3, -0.25) is 0 Å². The van der Waals surface area contributed by atoms with Crippen LogP contribution in [0, 0.1) is 0 Å². The number of fused-ring (bicyclic) bond motifs is 1. The summed E-state index contributed by atoms with van der Waals surface area (Å²) in [6.07, 6.45) is 0.870. The van der Waals surface area contributed by atoms with Gasteiger partial charge in [0.2, 0.25) is 5.89 Å². The number of aromatic nitrogens is 2. The normalized spacial score (nSPS) is 19.1. The van der Waals surface area contributed by atoms with Crippen molar-refractivity contribution in [2.24, 2.45) is 0 Å². The molecule has 0 aliphatic carbocycles. The lowest BCUT2D eigenvalue weighted by atomic mass is 10.1. The molecule has 3 rings (SSSR count). The number of aromatic amines is 1. The fourth-order valence-corrected chi connectivity index (χ4v) is 2.93. The predicted octanol–water partition coefficient (Wildman–Crippen LogP) is 1.75. The molecule has 1 aliphatic rings. The smallest absolute Gasteiger partial charge is 0.391 e. The molecular formula is C10H8N2O2S. The summed E-state index contributed by atoms with van der Waals surface area (Å²) in [7, 11) is 0. The van der Waals surface area contributed by atoms with E-state index in [9.17, 15) is 4.79 Å². The highest BCUT2D eigenvalue weighted by atomic mass is 32.2. The van der Waals surface area contributed by atoms with Crippen molar-refractivity contribution < 1.29 is 4.42 Å². The molecule has 0 spiro atoms. The van der Waals surface area contributed by atoms with Crippen molar-refractivity contribution in [2.75, 3.05) is 0 Å². The highest BCUT2D eigenvalue weighted by Gasteiger charge is 2.27. The van der Waals surface area contributed by atoms with Gasteiger partial charge in [-0.2, -0.15) is 0 Å². The van der Waals surface area contributed by atoms with E-state index in [-0.39, 0.29) is 5.25 Å². The SMILES string of the molecule is O=c1[nH]nc(C2Cc3ccccc3S2)o1. The number of hydrogen-bond donors (Lipinski definition) is 1. The third-order valence-electron chi connectivity index (χ3n) is 2.38. The summed E-state index contributed by atoms with van der Waals surface area (Å²) in [5.41, 5.74) is 1.29. The third kappa shape index (κ3) is 1.48. The molecule has 1 aliphatic heterocycles. The Morgan fingerprint density at radius 2 is 2.33 bits per heavy atom. The second-order valence-electron chi connectivity index (χ2n) is 3.37. The van der Waals surface area contributed by atoms with Gasteiger partial charge in [0.05, 0.1) is 5.25 Å². The van der Waals surface area contributed by atoms with Gasteiger partial charge in [-0.1, -0.05) is 18.2 Å². The molecule has 0 amide bonds. The lowest BCUT2D eigenvalue weighted by molar-refractivity contribution is 0.459. The maximum Gasteiger partial charge on any atom is 0.434 e. The van der Waals surface area contributed by atoms with E-state index < -0.39 is 5.76 Å². The Bertz CT molecular complexity index is 521. The number of hydrogen-bond acceptors (Lipinski definition) is 4. The minimum absolute atomic E-state index is 0.126. The standard InChI is InChI=1S/C10H8N2O2S/c13-10-12-11-9(14-10)8-5-6-3-1-2-4-7(6)15-8/h1-4,8H,5H2,(H,12,13). The van der Waals surface area contributed by atoms with E-state index in [0.29, 0.717) is 5.89 Å². The summed E-state index contributed by atoms with van der Waals surface area (Å²) in [5, 5.41) is 6.27. The second kappa shape index (κ2) is 3.27. The Hall–Kier alpha value is -1.49. The molecule has 2 aromatic rings. The van der Waals surface area contributed by atoms with Crippen LogP contribution in [-0.4, -0.2) is 10.2 Å². The molecule has 1 unspecified atom stereocenters. The van der Waals surface area contributed by atoms with Crippen LogP contribution in [-0.2, 0) is 6.42 Å². The zero-order valence-electron chi connectivity index (χ0n) is 7.77. The minimum Gasteiger partial charge on any atom is -0.391 e. The van der Waals surface area contributed by atoms with Crippen LogP contribution in [0.4, 0.5) is 0 Å². The molecule has 0 saturated heterocycles. The molecular weight excluding hydrogens is 212 g/mol. The number of benzene rings is 1. The van der Waals surface area contributed by atoms with Crippen LogP contribution < -0.4 is 5.76 Å². The minimum atomic E-state index is -0.485. The van der Waals surface area contributed by atoms with Crippen LogP contribution in [0.25, 0.3) is 0 Å². The Morgan fingerprint density at radius 3 is 3.07 bits per heavy atom. The average Bonchev–Trinajstić information content (AvgIpc) is 2.82. The average molecular weight is 220 g/mol. The molecule has 1 atom stereocenters. The van der Waals surface area contributed by atoms with Crippen LogP contribution >= 0.6 is 11.8 Å². The Morgan fingerprint density at radius 1 is 1.47 bits per heavy atom. The van der Waals surface area contributed by atoms with E-state index in [1.807, 2.05) is 12.1 Å². The molecule has 15 heavy (non-hydrogen) atoms. The van der Waals surface area contributed by atoms with Gasteiger partial charge < -0.3 is 4.42 Å². The number of nitrogens with zero attached hydrogens (tertiary/aromatic N) is 1. The number of nitrogens with one attached hydrogen (secondary N) is 1. The van der Waals surface area contributed by atoms with E-state index in [4.69, 9.17) is 4.42 Å². The highest BCUT2D eigenvalue weighted by Crippen LogP contribution is 2.45. The third-order valence-corrected chi connectivity index (χ3v) is 3.68. The van der Waals surface area contributed by atoms with E-state index in [2.05, 4.69) is 22.3 Å². The zero-order valence-corrected chi connectivity index (χ0v) is 8.58. The maximum absolute atomic E-state index is 10.8. The van der Waals surface area contributed by atoms with Gasteiger partial charge >= 0.3 is 5.76 Å². The maximum atomic E-state index is 10.8. The van der Waals surface area contributed by atoms with Gasteiger partial charge in [0, 0.05) is 4.90 Å². The molecule has 1 aromatic carbocycles. The first-order valence-corrected chi connectivity index (χ1v) is 5.51. The van der Waals surface area contributed by atoms with Crippen molar-refractivity contribution in [1.29, 1.82) is 0 Å². The molecule has 5 heteroatoms. The van der Waals surface area contributed by atoms with E-state index in [0.717, 1.165) is 6.42 Å². The Kier molecular flexibility index (Phi) is 1.92. The van der Waals surface area contributed by atoms with Crippen molar-refractivity contribution in [3.63, 3.8) is 0 Å². The second-order valence-corrected chi connectivity index (χ2v) is 4.61. The van der Waals surface area contributed by atoms with Gasteiger partial charge in [-0.05, 0) is 18.1 Å². The van der Waals surface area contributed by atoms with Crippen molar-refractivity contribution in [2.45, 2.75) is 16.6 Å². The molecule has 1 aromatic heterocycles. The zero-order chi connectivity index (χ0) is 10.3. The van der Waals surface area contributed by atoms with Crippen LogP contribution in [0.3, 0.4) is 0 Å². The monoisotopic (exact) mass is 220 g/mol. The van der Waals surface area contributed by atoms with Gasteiger partial charge in [-0.25, -0.2) is 9.89 Å². The topological polar surface area (TPSA) is 58.9 Å². The van der Waals surface area contributed by atoms with Gasteiger partial charge in [0.25, 0.3) is 0 Å². The number of thioether (sulfide) groups is 1. The molecule has 2 heterocycles. The summed E-state index contributed by atoms with van der Waals surface area (Å²) in [6.45, 7) is 0. The molecule has 0 bridgehead atoms. The van der Waals surface area contributed by atoms with Crippen molar-refractivity contribution in [3.05, 3.63) is 46.3 Å². The summed E-state index contributed by atoms with van der Waals surface area (Å²) in [5.74, 6) is 0.00255. The first kappa shape index (κ1) is 8.79. The quantitative estimate of drug-likeness (QED) is 0.795. The Labute approximate surface area is 89.7 Å². The van der Waals surface area contributed by atoms with Crippen molar-refractivity contribution in [3.8, 4) is 0 Å². The summed E-state index contributed by atoms with van der Waals surface area (Å²) in [4.78, 5) is 12.1. The lowest BCUT2D eigenvalue weighted by Crippen LogP contribution is -1.94. The molecule has 0 fully saturated rings. The molecule has 0 radical (unpaired) electrons. The van der Waals surface area contributed by atoms with Crippen molar-refractivity contribution >= 4 is 11.8 Å². The molecule has 76 valence electrons. The van der Waals surface area contributed by atoms with Gasteiger partial charge in [0.15, 0.2) is 0 Å². The fourth-order valence-electron chi connectivity index (χ4n) is 1.70. The summed E-state index contributed by atoms with van der Waals surface area (Å²) in [6, 6.07) is 8.19. The van der Waals surface area contributed by atoms with Crippen LogP contribution in [0.1, 0.15) is 16.7 Å². The van der Waals surface area contributed by atoms with Crippen LogP contribution in [0.5, 0.6) is 0 Å². The predicted molar refractivity (Wildman–Crippen MR) is 55.9 cm³/mol. The van der Waals surface area contributed by atoms with Gasteiger partial charge in [-0.15, -0.1) is 16.9 Å². The molecule has 4 nitrogen and oxygen atoms in total. The number of rotatable bonds is 1. The molecule has 1 N–H and O–H groups in total. The summed E-state index contributed by atoms with van der Waals surface area (Å²) < 4.78 is 4.96. The van der Waals surface area contributed by atoms with Crippen LogP contribution in [0.15, 0.2) is 38.4 Å². The van der Waals surface area contributed by atoms with Gasteiger partial charge in [0.1, 0.15) is 0 Å². The van der Waals surface area contributed by atoms with E-state index in [1.165, 1.54) is 10.5 Å². The first-order chi connectivity index (χ1) is 7.33. The van der Waals surface area contributed by atoms with E-state index >= 15 is 0 Å². The van der Waals surface area contributed by atoms with Crippen LogP contribution in [0.2, 0.25) is 0 Å². The number of H-pyrrole nitrogens is 1. The fraction of sp³-hybridized carbons (Fsp3) is 0.200. The van der Waals surface area contributed by atoms with Crippen molar-refractivity contribution in [1.82, 2.24) is 10.2 Å². The molecule has 0 saturated carbocycles. The summed E-state index contributed by atoms with van der Waals surface area (Å²) >= 11 is 1.69. The van der Waals surface area contributed by atoms with E-state index in [1.54, 1.807) is 11.8 Å². The lowest BCUT2D eigenvalue weighted by Gasteiger charge is -1.99. The Balaban J connectivity index is 1.93.